The molecule has 180 valence electrons. The van der Waals surface area contributed by atoms with E-state index in [4.69, 9.17) is 14.5 Å². The molecule has 2 aliphatic heterocycles. The fraction of sp³-hybridized carbons (Fsp3) is 0.538. The third-order valence-corrected chi connectivity index (χ3v) is 7.03. The predicted octanol–water partition coefficient (Wildman–Crippen LogP) is 3.91. The Kier molecular flexibility index (Phi) is 6.76. The minimum absolute atomic E-state index is 0.145. The number of fused-ring (bicyclic) bond motifs is 3. The van der Waals surface area contributed by atoms with Crippen LogP contribution in [0.3, 0.4) is 0 Å². The molecule has 5 rings (SSSR count). The number of nitrogens with zero attached hydrogens (tertiary/aromatic N) is 5. The maximum absolute atomic E-state index is 6.57. The maximum atomic E-state index is 6.57. The van der Waals surface area contributed by atoms with Crippen molar-refractivity contribution in [2.75, 3.05) is 25.0 Å². The highest BCUT2D eigenvalue weighted by molar-refractivity contribution is 6.05. The first-order valence-electron chi connectivity index (χ1n) is 12.3. The van der Waals surface area contributed by atoms with Gasteiger partial charge in [0.15, 0.2) is 0 Å². The van der Waals surface area contributed by atoms with Crippen molar-refractivity contribution in [1.29, 1.82) is 0 Å². The molecular weight excluding hydrogens is 428 g/mol. The summed E-state index contributed by atoms with van der Waals surface area (Å²) in [6.45, 7) is 7.65. The van der Waals surface area contributed by atoms with Crippen molar-refractivity contribution in [3.8, 4) is 5.75 Å². The quantitative estimate of drug-likeness (QED) is 0.536. The highest BCUT2D eigenvalue weighted by atomic mass is 16.5. The van der Waals surface area contributed by atoms with E-state index in [0.29, 0.717) is 12.2 Å². The van der Waals surface area contributed by atoms with Crippen molar-refractivity contribution < 1.29 is 9.47 Å². The molecule has 2 atom stereocenters. The summed E-state index contributed by atoms with van der Waals surface area (Å²) in [5.41, 5.74) is 2.85. The third kappa shape index (κ3) is 5.06. The molecular formula is C26H34N6O2. The van der Waals surface area contributed by atoms with Gasteiger partial charge in [-0.15, -0.1) is 0 Å². The van der Waals surface area contributed by atoms with Gasteiger partial charge in [-0.2, -0.15) is 0 Å². The van der Waals surface area contributed by atoms with E-state index in [-0.39, 0.29) is 12.1 Å². The van der Waals surface area contributed by atoms with Crippen LogP contribution in [0.1, 0.15) is 45.4 Å². The molecule has 3 fully saturated rings. The number of benzene rings is 1. The lowest BCUT2D eigenvalue weighted by molar-refractivity contribution is 0.0305. The Labute approximate surface area is 201 Å². The van der Waals surface area contributed by atoms with Gasteiger partial charge in [0.25, 0.3) is 0 Å². The summed E-state index contributed by atoms with van der Waals surface area (Å²) in [5, 5.41) is 3.20. The van der Waals surface area contributed by atoms with E-state index in [2.05, 4.69) is 43.9 Å². The smallest absolute Gasteiger partial charge is 0.149 e. The predicted molar refractivity (Wildman–Crippen MR) is 136 cm³/mol. The van der Waals surface area contributed by atoms with E-state index in [9.17, 15) is 0 Å². The number of aliphatic imine (C=N–C) groups is 2. The number of aromatic nitrogens is 2. The molecule has 8 heteroatoms. The van der Waals surface area contributed by atoms with Gasteiger partial charge in [-0.3, -0.25) is 15.0 Å². The van der Waals surface area contributed by atoms with Gasteiger partial charge in [-0.05, 0) is 57.6 Å². The molecule has 2 aromatic rings. The minimum Gasteiger partial charge on any atom is -0.488 e. The lowest BCUT2D eigenvalue weighted by atomic mass is 9.93. The second-order valence-corrected chi connectivity index (χ2v) is 9.43. The molecule has 8 nitrogen and oxygen atoms in total. The van der Waals surface area contributed by atoms with Crippen LogP contribution in [0.25, 0.3) is 11.0 Å². The van der Waals surface area contributed by atoms with E-state index in [1.807, 2.05) is 6.92 Å². The molecule has 2 unspecified atom stereocenters. The van der Waals surface area contributed by atoms with Gasteiger partial charge >= 0.3 is 0 Å². The summed E-state index contributed by atoms with van der Waals surface area (Å²) in [6, 6.07) is 4.55. The van der Waals surface area contributed by atoms with Gasteiger partial charge < -0.3 is 19.7 Å². The first-order chi connectivity index (χ1) is 16.6. The second-order valence-electron chi connectivity index (χ2n) is 9.43. The molecule has 3 heterocycles. The monoisotopic (exact) mass is 462 g/mol. The fourth-order valence-electron chi connectivity index (χ4n) is 5.17. The highest BCUT2D eigenvalue weighted by Gasteiger charge is 2.34. The average molecular weight is 463 g/mol. The van der Waals surface area contributed by atoms with Crippen LogP contribution in [-0.4, -0.2) is 66.1 Å². The number of nitrogens with one attached hydrogen (secondary N) is 1. The average Bonchev–Trinajstić information content (AvgIpc) is 3.21. The standard InChI is InChI=1S/C26H34N6O2/c1-4-25(30-17(2)27-3)31-18-5-7-20(8-6-18)34-24-14-19(13-23-26(24)29-12-11-28-23)32-15-21-9-10-22(16-32)33-21/h4,11-14,18,20-22H,1,5-10,15-16H2,2-3H3,(H,27,30,31). The lowest BCUT2D eigenvalue weighted by Crippen LogP contribution is -2.42. The Morgan fingerprint density at radius 2 is 1.85 bits per heavy atom. The summed E-state index contributed by atoms with van der Waals surface area (Å²) in [6.07, 6.45) is 12.2. The summed E-state index contributed by atoms with van der Waals surface area (Å²) >= 11 is 0. The number of ether oxygens (including phenoxy) is 2. The van der Waals surface area contributed by atoms with Crippen LogP contribution in [0.2, 0.25) is 0 Å². The van der Waals surface area contributed by atoms with E-state index in [1.54, 1.807) is 25.5 Å². The van der Waals surface area contributed by atoms with Crippen LogP contribution in [0, 0.1) is 0 Å². The Bertz CT molecular complexity index is 1080. The zero-order valence-corrected chi connectivity index (χ0v) is 20.1. The Morgan fingerprint density at radius 3 is 2.56 bits per heavy atom. The van der Waals surface area contributed by atoms with Gasteiger partial charge in [-0.1, -0.05) is 6.58 Å². The van der Waals surface area contributed by atoms with Gasteiger partial charge in [0, 0.05) is 44.3 Å². The molecule has 1 saturated carbocycles. The molecule has 0 amide bonds. The Hall–Kier alpha value is -3.00. The zero-order valence-electron chi connectivity index (χ0n) is 20.1. The number of rotatable bonds is 5. The summed E-state index contributed by atoms with van der Waals surface area (Å²) in [7, 11) is 1.76. The number of amidine groups is 2. The largest absolute Gasteiger partial charge is 0.488 e. The maximum Gasteiger partial charge on any atom is 0.149 e. The van der Waals surface area contributed by atoms with E-state index in [0.717, 1.165) is 85.8 Å². The zero-order chi connectivity index (χ0) is 23.5. The van der Waals surface area contributed by atoms with Gasteiger partial charge in [0.05, 0.1) is 35.7 Å². The van der Waals surface area contributed by atoms with Crippen molar-refractivity contribution in [3.05, 3.63) is 37.2 Å². The van der Waals surface area contributed by atoms with Crippen LogP contribution in [0.4, 0.5) is 5.69 Å². The Morgan fingerprint density at radius 1 is 1.12 bits per heavy atom. The van der Waals surface area contributed by atoms with Crippen LogP contribution in [-0.2, 0) is 4.74 Å². The number of hydrogen-bond donors (Lipinski definition) is 1. The highest BCUT2D eigenvalue weighted by Crippen LogP contribution is 2.36. The van der Waals surface area contributed by atoms with Crippen molar-refractivity contribution in [2.45, 2.75) is 69.8 Å². The first kappa shape index (κ1) is 22.8. The molecule has 1 aliphatic carbocycles. The number of anilines is 1. The van der Waals surface area contributed by atoms with E-state index < -0.39 is 0 Å². The molecule has 34 heavy (non-hydrogen) atoms. The third-order valence-electron chi connectivity index (χ3n) is 7.03. The fourth-order valence-corrected chi connectivity index (χ4v) is 5.17. The minimum atomic E-state index is 0.145. The topological polar surface area (TPSA) is 84.2 Å². The molecule has 0 spiro atoms. The van der Waals surface area contributed by atoms with Crippen LogP contribution in [0.5, 0.6) is 5.75 Å². The van der Waals surface area contributed by atoms with Crippen molar-refractivity contribution in [1.82, 2.24) is 15.3 Å². The van der Waals surface area contributed by atoms with Gasteiger partial charge in [0.1, 0.15) is 17.1 Å². The SMILES string of the molecule is C=CC(=NC1CCC(Oc2cc(N3CC4CCC(C3)O4)cc3nccnc23)CC1)NC(C)=NC. The molecule has 2 saturated heterocycles. The van der Waals surface area contributed by atoms with Gasteiger partial charge in [-0.25, -0.2) is 4.98 Å². The summed E-state index contributed by atoms with van der Waals surface area (Å²) in [5.74, 6) is 2.44. The summed E-state index contributed by atoms with van der Waals surface area (Å²) < 4.78 is 12.6. The second kappa shape index (κ2) is 10.1. The lowest BCUT2D eigenvalue weighted by Gasteiger charge is -2.34. The normalized spacial score (nSPS) is 27.6. The summed E-state index contributed by atoms with van der Waals surface area (Å²) in [4.78, 5) is 20.6. The van der Waals surface area contributed by atoms with Crippen molar-refractivity contribution in [2.24, 2.45) is 9.98 Å². The molecule has 1 aromatic carbocycles. The van der Waals surface area contributed by atoms with Crippen molar-refractivity contribution in [3.63, 3.8) is 0 Å². The molecule has 0 radical (unpaired) electrons. The number of morpholine rings is 1. The molecule has 2 bridgehead atoms. The van der Waals surface area contributed by atoms with E-state index >= 15 is 0 Å². The number of hydrogen-bond acceptors (Lipinski definition) is 7. The van der Waals surface area contributed by atoms with Gasteiger partial charge in [0.2, 0.25) is 0 Å². The molecule has 1 aromatic heterocycles. The first-order valence-corrected chi connectivity index (χ1v) is 12.3. The van der Waals surface area contributed by atoms with Crippen LogP contribution in [0.15, 0.2) is 47.2 Å². The van der Waals surface area contributed by atoms with Crippen LogP contribution < -0.4 is 15.0 Å². The van der Waals surface area contributed by atoms with E-state index in [1.165, 1.54) is 0 Å². The Balaban J connectivity index is 1.29. The van der Waals surface area contributed by atoms with Crippen LogP contribution >= 0.6 is 0 Å². The van der Waals surface area contributed by atoms with Crippen molar-refractivity contribution >= 4 is 28.4 Å². The molecule has 3 aliphatic rings. The molecule has 1 N–H and O–H groups in total.